The van der Waals surface area contributed by atoms with E-state index < -0.39 is 5.82 Å². The third-order valence-electron chi connectivity index (χ3n) is 3.09. The summed E-state index contributed by atoms with van der Waals surface area (Å²) < 4.78 is 25.1. The summed E-state index contributed by atoms with van der Waals surface area (Å²) >= 11 is 3.39. The van der Waals surface area contributed by atoms with Crippen molar-refractivity contribution in [1.82, 2.24) is 0 Å². The van der Waals surface area contributed by atoms with Gasteiger partial charge in [-0.05, 0) is 34.1 Å². The summed E-state index contributed by atoms with van der Waals surface area (Å²) in [5.41, 5.74) is 1.11. The van der Waals surface area contributed by atoms with Crippen LogP contribution in [0.15, 0.2) is 40.9 Å². The number of hydrogen-bond donors (Lipinski definition) is 0. The lowest BCUT2D eigenvalue weighted by Crippen LogP contribution is -1.93. The molecule has 0 atom stereocenters. The van der Waals surface area contributed by atoms with Gasteiger partial charge in [-0.1, -0.05) is 18.2 Å². The molecule has 2 aromatic rings. The van der Waals surface area contributed by atoms with Crippen molar-refractivity contribution in [3.63, 3.8) is 0 Å². The van der Waals surface area contributed by atoms with Crippen LogP contribution >= 0.6 is 15.9 Å². The standard InChI is InChI=1S/C17H13BrFNO2/c1-21-16-9-17(22-2)14(18)8-11(16)7-12(10-20)13-5-3-4-6-15(13)19/h3-9H,1-2H3/b12-7-. The molecule has 0 unspecified atom stereocenters. The number of nitriles is 1. The van der Waals surface area contributed by atoms with Crippen LogP contribution in [0.1, 0.15) is 11.1 Å². The number of halogens is 2. The van der Waals surface area contributed by atoms with E-state index in [-0.39, 0.29) is 11.1 Å². The number of allylic oxidation sites excluding steroid dienone is 1. The van der Waals surface area contributed by atoms with Crippen LogP contribution < -0.4 is 9.47 Å². The Labute approximate surface area is 136 Å². The fourth-order valence-electron chi connectivity index (χ4n) is 2.00. The van der Waals surface area contributed by atoms with Gasteiger partial charge in [-0.3, -0.25) is 0 Å². The Morgan fingerprint density at radius 3 is 2.45 bits per heavy atom. The van der Waals surface area contributed by atoms with Gasteiger partial charge in [0, 0.05) is 17.2 Å². The Bertz CT molecular complexity index is 766. The molecule has 0 bridgehead atoms. The smallest absolute Gasteiger partial charge is 0.136 e. The Hall–Kier alpha value is -2.32. The summed E-state index contributed by atoms with van der Waals surface area (Å²) in [6.45, 7) is 0. The molecular formula is C17H13BrFNO2. The lowest BCUT2D eigenvalue weighted by atomic mass is 10.0. The Morgan fingerprint density at radius 2 is 1.86 bits per heavy atom. The van der Waals surface area contributed by atoms with Crippen LogP contribution in [0.4, 0.5) is 4.39 Å². The van der Waals surface area contributed by atoms with Crippen LogP contribution in [0, 0.1) is 17.1 Å². The predicted molar refractivity (Wildman–Crippen MR) is 87.1 cm³/mol. The monoisotopic (exact) mass is 361 g/mol. The Morgan fingerprint density at radius 1 is 1.18 bits per heavy atom. The van der Waals surface area contributed by atoms with Gasteiger partial charge in [0.05, 0.1) is 30.3 Å². The Kier molecular flexibility index (Phi) is 5.18. The predicted octanol–water partition coefficient (Wildman–Crippen LogP) is 4.67. The summed E-state index contributed by atoms with van der Waals surface area (Å²) in [7, 11) is 3.07. The SMILES string of the molecule is COc1cc(OC)c(/C=C(/C#N)c2ccccc2F)cc1Br. The van der Waals surface area contributed by atoms with Crippen molar-refractivity contribution >= 4 is 27.6 Å². The maximum atomic E-state index is 13.9. The molecule has 0 saturated heterocycles. The molecule has 5 heteroatoms. The van der Waals surface area contributed by atoms with Gasteiger partial charge in [-0.25, -0.2) is 4.39 Å². The van der Waals surface area contributed by atoms with E-state index in [1.165, 1.54) is 13.2 Å². The molecule has 0 aromatic heterocycles. The van der Waals surface area contributed by atoms with Crippen LogP contribution in [-0.2, 0) is 0 Å². The lowest BCUT2D eigenvalue weighted by Gasteiger charge is -2.10. The van der Waals surface area contributed by atoms with E-state index in [1.807, 2.05) is 6.07 Å². The molecule has 0 saturated carbocycles. The van der Waals surface area contributed by atoms with Crippen LogP contribution in [-0.4, -0.2) is 14.2 Å². The first-order chi connectivity index (χ1) is 10.6. The highest BCUT2D eigenvalue weighted by molar-refractivity contribution is 9.10. The molecule has 0 N–H and O–H groups in total. The minimum atomic E-state index is -0.443. The van der Waals surface area contributed by atoms with E-state index in [0.29, 0.717) is 21.5 Å². The van der Waals surface area contributed by atoms with Gasteiger partial charge in [0.15, 0.2) is 0 Å². The van der Waals surface area contributed by atoms with E-state index in [1.54, 1.807) is 43.5 Å². The van der Waals surface area contributed by atoms with Gasteiger partial charge >= 0.3 is 0 Å². The van der Waals surface area contributed by atoms with Crippen LogP contribution in [0.5, 0.6) is 11.5 Å². The topological polar surface area (TPSA) is 42.2 Å². The number of rotatable bonds is 4. The summed E-state index contributed by atoms with van der Waals surface area (Å²) in [4.78, 5) is 0. The van der Waals surface area contributed by atoms with Crippen LogP contribution in [0.2, 0.25) is 0 Å². The van der Waals surface area contributed by atoms with Crippen molar-refractivity contribution in [3.8, 4) is 17.6 Å². The molecule has 0 heterocycles. The first-order valence-corrected chi connectivity index (χ1v) is 7.18. The van der Waals surface area contributed by atoms with Gasteiger partial charge in [-0.2, -0.15) is 5.26 Å². The highest BCUT2D eigenvalue weighted by Crippen LogP contribution is 2.35. The Balaban J connectivity index is 2.58. The molecule has 112 valence electrons. The average Bonchev–Trinajstić information content (AvgIpc) is 2.53. The minimum absolute atomic E-state index is 0.216. The quantitative estimate of drug-likeness (QED) is 0.586. The van der Waals surface area contributed by atoms with Gasteiger partial charge in [0.1, 0.15) is 17.3 Å². The normalized spacial score (nSPS) is 11.0. The molecular weight excluding hydrogens is 349 g/mol. The number of ether oxygens (including phenoxy) is 2. The molecule has 0 aliphatic carbocycles. The third-order valence-corrected chi connectivity index (χ3v) is 3.71. The van der Waals surface area contributed by atoms with Crippen molar-refractivity contribution in [2.75, 3.05) is 14.2 Å². The molecule has 0 aliphatic heterocycles. The summed E-state index contributed by atoms with van der Waals surface area (Å²) in [6, 6.07) is 11.6. The summed E-state index contributed by atoms with van der Waals surface area (Å²) in [5.74, 6) is 0.699. The molecule has 0 fully saturated rings. The second-order valence-electron chi connectivity index (χ2n) is 4.38. The van der Waals surface area contributed by atoms with E-state index in [9.17, 15) is 9.65 Å². The molecule has 0 spiro atoms. The van der Waals surface area contributed by atoms with E-state index in [4.69, 9.17) is 9.47 Å². The van der Waals surface area contributed by atoms with Crippen molar-refractivity contribution in [2.45, 2.75) is 0 Å². The summed E-state index contributed by atoms with van der Waals surface area (Å²) in [5, 5.41) is 9.34. The van der Waals surface area contributed by atoms with Gasteiger partial charge < -0.3 is 9.47 Å². The molecule has 3 nitrogen and oxygen atoms in total. The molecule has 0 radical (unpaired) electrons. The number of nitrogens with zero attached hydrogens (tertiary/aromatic N) is 1. The fourth-order valence-corrected chi connectivity index (χ4v) is 2.52. The largest absolute Gasteiger partial charge is 0.496 e. The van der Waals surface area contributed by atoms with E-state index >= 15 is 0 Å². The van der Waals surface area contributed by atoms with E-state index in [2.05, 4.69) is 15.9 Å². The van der Waals surface area contributed by atoms with Crippen molar-refractivity contribution in [3.05, 3.63) is 57.8 Å². The maximum Gasteiger partial charge on any atom is 0.136 e. The molecule has 2 rings (SSSR count). The zero-order valence-corrected chi connectivity index (χ0v) is 13.6. The van der Waals surface area contributed by atoms with Crippen molar-refractivity contribution < 1.29 is 13.9 Å². The summed E-state index contributed by atoms with van der Waals surface area (Å²) in [6.07, 6.45) is 1.58. The number of benzene rings is 2. The van der Waals surface area contributed by atoms with Gasteiger partial charge in [-0.15, -0.1) is 0 Å². The van der Waals surface area contributed by atoms with Crippen molar-refractivity contribution in [1.29, 1.82) is 5.26 Å². The molecule has 0 aliphatic rings. The molecule has 2 aromatic carbocycles. The zero-order valence-electron chi connectivity index (χ0n) is 12.1. The fraction of sp³-hybridized carbons (Fsp3) is 0.118. The van der Waals surface area contributed by atoms with Crippen LogP contribution in [0.25, 0.3) is 11.6 Å². The minimum Gasteiger partial charge on any atom is -0.496 e. The third kappa shape index (κ3) is 3.29. The number of hydrogen-bond acceptors (Lipinski definition) is 3. The van der Waals surface area contributed by atoms with Gasteiger partial charge in [0.25, 0.3) is 0 Å². The highest BCUT2D eigenvalue weighted by atomic mass is 79.9. The van der Waals surface area contributed by atoms with Gasteiger partial charge in [0.2, 0.25) is 0 Å². The first kappa shape index (κ1) is 16.1. The van der Waals surface area contributed by atoms with Crippen molar-refractivity contribution in [2.24, 2.45) is 0 Å². The highest BCUT2D eigenvalue weighted by Gasteiger charge is 2.11. The molecule has 0 amide bonds. The first-order valence-electron chi connectivity index (χ1n) is 6.39. The molecule has 22 heavy (non-hydrogen) atoms. The lowest BCUT2D eigenvalue weighted by molar-refractivity contribution is 0.392. The average molecular weight is 362 g/mol. The second-order valence-corrected chi connectivity index (χ2v) is 5.23. The maximum absolute atomic E-state index is 13.9. The van der Waals surface area contributed by atoms with Crippen LogP contribution in [0.3, 0.4) is 0 Å². The van der Waals surface area contributed by atoms with E-state index in [0.717, 1.165) is 0 Å². The zero-order chi connectivity index (χ0) is 16.1. The number of methoxy groups -OCH3 is 2. The second kappa shape index (κ2) is 7.10.